The standard InChI is InChI=1S/C22H32N4O4S/c1-5-23-22(26-17(3)13-14-31(4,27)28)25-16-18-11-12-21(24-15-18)30-20-10-8-7-9-19(20)29-6-2/h7-12,15,17H,5-6,13-14,16H2,1-4H3,(H2,23,25,26). The van der Waals surface area contributed by atoms with Crippen LogP contribution in [0.5, 0.6) is 17.4 Å². The van der Waals surface area contributed by atoms with Gasteiger partial charge in [0.25, 0.3) is 0 Å². The maximum Gasteiger partial charge on any atom is 0.219 e. The topological polar surface area (TPSA) is 102 Å². The Labute approximate surface area is 185 Å². The van der Waals surface area contributed by atoms with Crippen molar-refractivity contribution in [3.63, 3.8) is 0 Å². The van der Waals surface area contributed by atoms with Crippen molar-refractivity contribution in [2.45, 2.75) is 39.8 Å². The van der Waals surface area contributed by atoms with Gasteiger partial charge in [-0.1, -0.05) is 18.2 Å². The molecule has 9 heteroatoms. The zero-order valence-electron chi connectivity index (χ0n) is 18.6. The molecule has 0 amide bonds. The van der Waals surface area contributed by atoms with Crippen LogP contribution in [0.1, 0.15) is 32.8 Å². The van der Waals surface area contributed by atoms with E-state index in [1.54, 1.807) is 12.3 Å². The number of nitrogens with one attached hydrogen (secondary N) is 2. The van der Waals surface area contributed by atoms with Gasteiger partial charge in [-0.3, -0.25) is 0 Å². The van der Waals surface area contributed by atoms with E-state index in [0.29, 0.717) is 49.5 Å². The Balaban J connectivity index is 1.97. The predicted molar refractivity (Wildman–Crippen MR) is 124 cm³/mol. The lowest BCUT2D eigenvalue weighted by Gasteiger charge is -2.17. The molecule has 0 radical (unpaired) electrons. The second kappa shape index (κ2) is 12.1. The van der Waals surface area contributed by atoms with Crippen LogP contribution in [0, 0.1) is 0 Å². The summed E-state index contributed by atoms with van der Waals surface area (Å²) >= 11 is 0. The van der Waals surface area contributed by atoms with Gasteiger partial charge in [0.15, 0.2) is 17.5 Å². The Morgan fingerprint density at radius 2 is 1.90 bits per heavy atom. The average Bonchev–Trinajstić information content (AvgIpc) is 2.73. The van der Waals surface area contributed by atoms with Crippen LogP contribution in [0.25, 0.3) is 0 Å². The summed E-state index contributed by atoms with van der Waals surface area (Å²) in [7, 11) is -2.98. The summed E-state index contributed by atoms with van der Waals surface area (Å²) in [6, 6.07) is 11.1. The molecule has 0 saturated heterocycles. The van der Waals surface area contributed by atoms with Crippen molar-refractivity contribution >= 4 is 15.8 Å². The first-order chi connectivity index (χ1) is 14.8. The first kappa shape index (κ1) is 24.5. The summed E-state index contributed by atoms with van der Waals surface area (Å²) in [5.74, 6) is 2.53. The molecule has 8 nitrogen and oxygen atoms in total. The highest BCUT2D eigenvalue weighted by Gasteiger charge is 2.10. The molecule has 1 atom stereocenters. The van der Waals surface area contributed by atoms with E-state index in [-0.39, 0.29) is 11.8 Å². The molecule has 2 aromatic rings. The summed E-state index contributed by atoms with van der Waals surface area (Å²) in [5.41, 5.74) is 0.923. The van der Waals surface area contributed by atoms with Gasteiger partial charge in [-0.25, -0.2) is 18.4 Å². The molecule has 0 aliphatic rings. The largest absolute Gasteiger partial charge is 0.490 e. The summed E-state index contributed by atoms with van der Waals surface area (Å²) in [4.78, 5) is 8.93. The van der Waals surface area contributed by atoms with Crippen molar-refractivity contribution in [3.05, 3.63) is 48.2 Å². The maximum atomic E-state index is 11.4. The Kier molecular flexibility index (Phi) is 9.58. The summed E-state index contributed by atoms with van der Waals surface area (Å²) in [5, 5.41) is 6.41. The first-order valence-corrected chi connectivity index (χ1v) is 12.4. The third-order valence-corrected chi connectivity index (χ3v) is 5.21. The second-order valence-corrected chi connectivity index (χ2v) is 9.41. The van der Waals surface area contributed by atoms with Gasteiger partial charge >= 0.3 is 0 Å². The molecule has 31 heavy (non-hydrogen) atoms. The molecule has 0 fully saturated rings. The number of benzene rings is 1. The fraction of sp³-hybridized carbons (Fsp3) is 0.455. The number of nitrogens with zero attached hydrogens (tertiary/aromatic N) is 2. The van der Waals surface area contributed by atoms with Gasteiger partial charge in [0.05, 0.1) is 18.9 Å². The van der Waals surface area contributed by atoms with E-state index in [0.717, 1.165) is 5.56 Å². The fourth-order valence-corrected chi connectivity index (χ4v) is 3.46. The van der Waals surface area contributed by atoms with Crippen molar-refractivity contribution in [1.29, 1.82) is 0 Å². The highest BCUT2D eigenvalue weighted by atomic mass is 32.2. The van der Waals surface area contributed by atoms with Crippen LogP contribution in [-0.2, 0) is 16.4 Å². The van der Waals surface area contributed by atoms with E-state index in [2.05, 4.69) is 20.6 Å². The highest BCUT2D eigenvalue weighted by Crippen LogP contribution is 2.30. The van der Waals surface area contributed by atoms with Crippen LogP contribution in [0.2, 0.25) is 0 Å². The molecule has 0 bridgehead atoms. The summed E-state index contributed by atoms with van der Waals surface area (Å²) < 4.78 is 34.1. The van der Waals surface area contributed by atoms with E-state index >= 15 is 0 Å². The molecular formula is C22H32N4O4S. The molecule has 1 unspecified atom stereocenters. The van der Waals surface area contributed by atoms with Crippen molar-refractivity contribution < 1.29 is 17.9 Å². The normalized spacial score (nSPS) is 12.8. The number of hydrogen-bond donors (Lipinski definition) is 2. The average molecular weight is 449 g/mol. The third-order valence-electron chi connectivity index (χ3n) is 4.23. The minimum atomic E-state index is -2.98. The fourth-order valence-electron chi connectivity index (χ4n) is 2.67. The maximum absolute atomic E-state index is 11.4. The van der Waals surface area contributed by atoms with E-state index in [1.165, 1.54) is 6.26 Å². The van der Waals surface area contributed by atoms with Gasteiger partial charge in [0, 0.05) is 31.1 Å². The second-order valence-electron chi connectivity index (χ2n) is 7.15. The molecule has 1 heterocycles. The zero-order chi connectivity index (χ0) is 22.7. The molecule has 1 aromatic heterocycles. The van der Waals surface area contributed by atoms with Crippen LogP contribution in [-0.4, -0.2) is 50.6 Å². The number of para-hydroxylation sites is 2. The minimum Gasteiger partial charge on any atom is -0.490 e. The molecular weight excluding hydrogens is 416 g/mol. The molecule has 0 aliphatic carbocycles. The van der Waals surface area contributed by atoms with Crippen molar-refractivity contribution in [3.8, 4) is 17.4 Å². The molecule has 2 N–H and O–H groups in total. The van der Waals surface area contributed by atoms with Crippen LogP contribution < -0.4 is 20.1 Å². The number of rotatable bonds is 11. The highest BCUT2D eigenvalue weighted by molar-refractivity contribution is 7.90. The van der Waals surface area contributed by atoms with Gasteiger partial charge < -0.3 is 20.1 Å². The number of hydrogen-bond acceptors (Lipinski definition) is 6. The van der Waals surface area contributed by atoms with Crippen LogP contribution >= 0.6 is 0 Å². The lowest BCUT2D eigenvalue weighted by molar-refractivity contribution is 0.319. The van der Waals surface area contributed by atoms with E-state index in [1.807, 2.05) is 51.1 Å². The SMILES string of the molecule is CCNC(=NCc1ccc(Oc2ccccc2OCC)nc1)NC(C)CCS(C)(=O)=O. The van der Waals surface area contributed by atoms with Crippen LogP contribution in [0.4, 0.5) is 0 Å². The Hall–Kier alpha value is -2.81. The lowest BCUT2D eigenvalue weighted by atomic mass is 10.2. The van der Waals surface area contributed by atoms with Crippen molar-refractivity contribution in [2.24, 2.45) is 4.99 Å². The summed E-state index contributed by atoms with van der Waals surface area (Å²) in [6.07, 6.45) is 3.48. The molecule has 1 aromatic carbocycles. The number of ether oxygens (including phenoxy) is 2. The quantitative estimate of drug-likeness (QED) is 0.402. The zero-order valence-corrected chi connectivity index (χ0v) is 19.4. The monoisotopic (exact) mass is 448 g/mol. The van der Waals surface area contributed by atoms with E-state index in [4.69, 9.17) is 9.47 Å². The number of aliphatic imine (C=N–C) groups is 1. The smallest absolute Gasteiger partial charge is 0.219 e. The number of pyridine rings is 1. The van der Waals surface area contributed by atoms with E-state index < -0.39 is 9.84 Å². The van der Waals surface area contributed by atoms with Gasteiger partial charge in [-0.15, -0.1) is 0 Å². The van der Waals surface area contributed by atoms with Gasteiger partial charge in [0.2, 0.25) is 5.88 Å². The van der Waals surface area contributed by atoms with E-state index in [9.17, 15) is 8.42 Å². The van der Waals surface area contributed by atoms with Crippen LogP contribution in [0.3, 0.4) is 0 Å². The number of sulfone groups is 1. The van der Waals surface area contributed by atoms with Gasteiger partial charge in [0.1, 0.15) is 9.84 Å². The number of aromatic nitrogens is 1. The van der Waals surface area contributed by atoms with Gasteiger partial charge in [-0.05, 0) is 44.9 Å². The predicted octanol–water partition coefficient (Wildman–Crippen LogP) is 3.15. The molecule has 2 rings (SSSR count). The Morgan fingerprint density at radius 1 is 1.16 bits per heavy atom. The van der Waals surface area contributed by atoms with Crippen LogP contribution in [0.15, 0.2) is 47.6 Å². The minimum absolute atomic E-state index is 0.0215. The Morgan fingerprint density at radius 3 is 2.52 bits per heavy atom. The summed E-state index contributed by atoms with van der Waals surface area (Å²) in [6.45, 7) is 7.52. The first-order valence-electron chi connectivity index (χ1n) is 10.4. The Bertz CT molecular complexity index is 946. The molecule has 0 saturated carbocycles. The molecule has 0 aliphatic heterocycles. The van der Waals surface area contributed by atoms with Crippen molar-refractivity contribution in [1.82, 2.24) is 15.6 Å². The van der Waals surface area contributed by atoms with Gasteiger partial charge in [-0.2, -0.15) is 0 Å². The number of guanidine groups is 1. The lowest BCUT2D eigenvalue weighted by Crippen LogP contribution is -2.42. The molecule has 170 valence electrons. The third kappa shape index (κ3) is 9.25. The molecule has 0 spiro atoms. The van der Waals surface area contributed by atoms with Crippen molar-refractivity contribution in [2.75, 3.05) is 25.2 Å².